The van der Waals surface area contributed by atoms with Crippen LogP contribution in [-0.2, 0) is 9.53 Å². The fourth-order valence-corrected chi connectivity index (χ4v) is 5.11. The third kappa shape index (κ3) is 3.70. The first-order valence-corrected chi connectivity index (χ1v) is 9.79. The van der Waals surface area contributed by atoms with Crippen LogP contribution < -0.4 is 0 Å². The van der Waals surface area contributed by atoms with Crippen molar-refractivity contribution < 1.29 is 18.3 Å². The van der Waals surface area contributed by atoms with Crippen LogP contribution in [0, 0.1) is 17.3 Å². The summed E-state index contributed by atoms with van der Waals surface area (Å²) in [5.74, 6) is -2.22. The number of alkyl halides is 2. The van der Waals surface area contributed by atoms with Gasteiger partial charge in [-0.15, -0.1) is 0 Å². The molecule has 0 bridgehead atoms. The number of hydrogen-bond acceptors (Lipinski definition) is 3. The standard InChI is InChI=1S/C19H30F2N2O2/c1-25-12-16-10-18(13-23(16)11-14-2-3-14)4-6-22(7-5-18)17(24)15-8-19(20,21)9-15/h14-16H,2-13H2,1H3/t16-/m1/s1. The van der Waals surface area contributed by atoms with Crippen molar-refractivity contribution in [3.05, 3.63) is 0 Å². The van der Waals surface area contributed by atoms with E-state index in [1.54, 1.807) is 7.11 Å². The van der Waals surface area contributed by atoms with E-state index >= 15 is 0 Å². The van der Waals surface area contributed by atoms with Gasteiger partial charge in [-0.3, -0.25) is 9.69 Å². The molecule has 0 N–H and O–H groups in total. The van der Waals surface area contributed by atoms with E-state index in [4.69, 9.17) is 4.74 Å². The van der Waals surface area contributed by atoms with E-state index in [-0.39, 0.29) is 18.7 Å². The topological polar surface area (TPSA) is 32.8 Å². The molecule has 1 spiro atoms. The smallest absolute Gasteiger partial charge is 0.249 e. The van der Waals surface area contributed by atoms with Gasteiger partial charge in [0, 0.05) is 58.1 Å². The minimum absolute atomic E-state index is 0.0398. The Morgan fingerprint density at radius 1 is 1.16 bits per heavy atom. The van der Waals surface area contributed by atoms with Gasteiger partial charge in [0.1, 0.15) is 0 Å². The number of carbonyl (C=O) groups is 1. The van der Waals surface area contributed by atoms with Gasteiger partial charge >= 0.3 is 0 Å². The summed E-state index contributed by atoms with van der Waals surface area (Å²) in [4.78, 5) is 16.9. The molecule has 0 aromatic heterocycles. The number of halogens is 2. The molecule has 2 aliphatic heterocycles. The maximum Gasteiger partial charge on any atom is 0.249 e. The molecule has 2 saturated carbocycles. The molecule has 4 nitrogen and oxygen atoms in total. The number of rotatable bonds is 5. The molecule has 0 aromatic rings. The predicted molar refractivity (Wildman–Crippen MR) is 90.5 cm³/mol. The largest absolute Gasteiger partial charge is 0.383 e. The maximum atomic E-state index is 13.0. The van der Waals surface area contributed by atoms with Crippen molar-refractivity contribution in [2.75, 3.05) is 39.9 Å². The lowest BCUT2D eigenvalue weighted by Gasteiger charge is -2.43. The minimum atomic E-state index is -2.61. The third-order valence-electron chi connectivity index (χ3n) is 6.85. The highest BCUT2D eigenvalue weighted by Crippen LogP contribution is 2.47. The first-order chi connectivity index (χ1) is 11.9. The molecule has 0 aromatic carbocycles. The predicted octanol–water partition coefficient (Wildman–Crippen LogP) is 2.77. The van der Waals surface area contributed by atoms with Gasteiger partial charge in [0.2, 0.25) is 11.8 Å². The van der Waals surface area contributed by atoms with Crippen LogP contribution >= 0.6 is 0 Å². The number of methoxy groups -OCH3 is 1. The van der Waals surface area contributed by atoms with E-state index in [0.29, 0.717) is 11.5 Å². The van der Waals surface area contributed by atoms with Crippen LogP contribution in [0.3, 0.4) is 0 Å². The average Bonchev–Trinajstić information content (AvgIpc) is 3.30. The fourth-order valence-electron chi connectivity index (χ4n) is 5.11. The molecule has 1 amide bonds. The lowest BCUT2D eigenvalue weighted by molar-refractivity contribution is -0.161. The Bertz CT molecular complexity index is 508. The highest BCUT2D eigenvalue weighted by Gasteiger charge is 2.51. The fraction of sp³-hybridized carbons (Fsp3) is 0.947. The van der Waals surface area contributed by atoms with Crippen molar-refractivity contribution in [3.63, 3.8) is 0 Å². The van der Waals surface area contributed by atoms with Gasteiger partial charge < -0.3 is 9.64 Å². The summed E-state index contributed by atoms with van der Waals surface area (Å²) in [7, 11) is 1.77. The Kier molecular flexibility index (Phi) is 4.55. The van der Waals surface area contributed by atoms with Gasteiger partial charge in [0.25, 0.3) is 0 Å². The van der Waals surface area contributed by atoms with E-state index in [1.807, 2.05) is 4.90 Å². The van der Waals surface area contributed by atoms with E-state index in [2.05, 4.69) is 4.90 Å². The number of likely N-dealkylation sites (tertiary alicyclic amines) is 2. The summed E-state index contributed by atoms with van der Waals surface area (Å²) in [6, 6.07) is 0.498. The van der Waals surface area contributed by atoms with Gasteiger partial charge in [-0.1, -0.05) is 0 Å². The van der Waals surface area contributed by atoms with E-state index in [9.17, 15) is 13.6 Å². The number of piperidine rings is 1. The van der Waals surface area contributed by atoms with E-state index in [1.165, 1.54) is 19.4 Å². The Hall–Kier alpha value is -0.750. The van der Waals surface area contributed by atoms with E-state index in [0.717, 1.165) is 51.4 Å². The van der Waals surface area contributed by atoms with Crippen molar-refractivity contribution in [2.24, 2.45) is 17.3 Å². The number of ether oxygens (including phenoxy) is 1. The number of hydrogen-bond donors (Lipinski definition) is 0. The second-order valence-corrected chi connectivity index (χ2v) is 8.97. The molecule has 0 radical (unpaired) electrons. The van der Waals surface area contributed by atoms with Gasteiger partial charge in [-0.2, -0.15) is 0 Å². The maximum absolute atomic E-state index is 13.0. The van der Waals surface area contributed by atoms with Crippen molar-refractivity contribution in [1.82, 2.24) is 9.80 Å². The molecule has 25 heavy (non-hydrogen) atoms. The average molecular weight is 356 g/mol. The van der Waals surface area contributed by atoms with Crippen LogP contribution in [0.25, 0.3) is 0 Å². The summed E-state index contributed by atoms with van der Waals surface area (Å²) >= 11 is 0. The number of carbonyl (C=O) groups excluding carboxylic acids is 1. The highest BCUT2D eigenvalue weighted by molar-refractivity contribution is 5.80. The molecule has 2 aliphatic carbocycles. The molecular formula is C19H30F2N2O2. The molecule has 142 valence electrons. The molecule has 2 saturated heterocycles. The van der Waals surface area contributed by atoms with Crippen LogP contribution in [0.15, 0.2) is 0 Å². The van der Waals surface area contributed by atoms with E-state index < -0.39 is 11.8 Å². The van der Waals surface area contributed by atoms with Crippen LogP contribution in [0.5, 0.6) is 0 Å². The van der Waals surface area contributed by atoms with Crippen molar-refractivity contribution >= 4 is 5.91 Å². The second-order valence-electron chi connectivity index (χ2n) is 8.97. The first kappa shape index (κ1) is 17.7. The molecule has 4 fully saturated rings. The second kappa shape index (κ2) is 6.45. The van der Waals surface area contributed by atoms with Crippen LogP contribution in [0.1, 0.15) is 44.9 Å². The monoisotopic (exact) mass is 356 g/mol. The molecule has 0 unspecified atom stereocenters. The first-order valence-electron chi connectivity index (χ1n) is 9.79. The Labute approximate surface area is 148 Å². The normalized spacial score (nSPS) is 32.1. The summed E-state index contributed by atoms with van der Waals surface area (Å²) in [6.07, 6.45) is 5.37. The number of nitrogens with zero attached hydrogens (tertiary/aromatic N) is 2. The lowest BCUT2D eigenvalue weighted by Crippen LogP contribution is -2.51. The molecule has 2 heterocycles. The lowest BCUT2D eigenvalue weighted by atomic mass is 9.75. The van der Waals surface area contributed by atoms with Crippen LogP contribution in [0.2, 0.25) is 0 Å². The third-order valence-corrected chi connectivity index (χ3v) is 6.85. The Morgan fingerprint density at radius 2 is 1.84 bits per heavy atom. The molecule has 4 aliphatic rings. The van der Waals surface area contributed by atoms with Crippen molar-refractivity contribution in [2.45, 2.75) is 56.9 Å². The van der Waals surface area contributed by atoms with Crippen molar-refractivity contribution in [3.8, 4) is 0 Å². The van der Waals surface area contributed by atoms with Crippen LogP contribution in [-0.4, -0.2) is 67.6 Å². The van der Waals surface area contributed by atoms with Gasteiger partial charge in [0.05, 0.1) is 6.61 Å². The molecule has 4 rings (SSSR count). The Morgan fingerprint density at radius 3 is 2.40 bits per heavy atom. The summed E-state index contributed by atoms with van der Waals surface area (Å²) in [5.41, 5.74) is 0.290. The Balaban J connectivity index is 1.32. The van der Waals surface area contributed by atoms with Gasteiger partial charge in [0.15, 0.2) is 0 Å². The zero-order valence-electron chi connectivity index (χ0n) is 15.2. The van der Waals surface area contributed by atoms with Gasteiger partial charge in [-0.05, 0) is 43.4 Å². The number of amides is 1. The minimum Gasteiger partial charge on any atom is -0.383 e. The highest BCUT2D eigenvalue weighted by atomic mass is 19.3. The van der Waals surface area contributed by atoms with Crippen LogP contribution in [0.4, 0.5) is 8.78 Å². The summed E-state index contributed by atoms with van der Waals surface area (Å²) < 4.78 is 31.5. The molecular weight excluding hydrogens is 326 g/mol. The SMILES string of the molecule is COC[C@H]1CC2(CCN(C(=O)C3CC(F)(F)C3)CC2)CN1CC1CC1. The molecule has 6 heteroatoms. The quantitative estimate of drug-likeness (QED) is 0.759. The zero-order valence-corrected chi connectivity index (χ0v) is 15.2. The summed E-state index contributed by atoms with van der Waals surface area (Å²) in [6.45, 7) is 4.56. The molecule has 1 atom stereocenters. The zero-order chi connectivity index (χ0) is 17.7. The summed E-state index contributed by atoms with van der Waals surface area (Å²) in [5, 5.41) is 0. The van der Waals surface area contributed by atoms with Gasteiger partial charge in [-0.25, -0.2) is 8.78 Å². The van der Waals surface area contributed by atoms with Crippen molar-refractivity contribution in [1.29, 1.82) is 0 Å².